The molecule has 0 spiro atoms. The van der Waals surface area contributed by atoms with E-state index in [9.17, 15) is 4.79 Å². The van der Waals surface area contributed by atoms with Gasteiger partial charge in [0.25, 0.3) is 0 Å². The van der Waals surface area contributed by atoms with Crippen LogP contribution in [0.3, 0.4) is 0 Å². The van der Waals surface area contributed by atoms with Gasteiger partial charge in [-0.2, -0.15) is 0 Å². The zero-order valence-corrected chi connectivity index (χ0v) is 12.7. The standard InChI is InChI=1S/C16H25N3O/c1-13(17-10-6-11-18(2)3)16(20)19-12-9-14-7-4-5-8-15(14)19/h4-5,7-8,13,17H,6,9-12H2,1-3H3. The van der Waals surface area contributed by atoms with Crippen LogP contribution in [0, 0.1) is 0 Å². The molecule has 4 heteroatoms. The van der Waals surface area contributed by atoms with Crippen LogP contribution in [0.25, 0.3) is 0 Å². The summed E-state index contributed by atoms with van der Waals surface area (Å²) in [4.78, 5) is 16.6. The monoisotopic (exact) mass is 275 g/mol. The number of amides is 1. The van der Waals surface area contributed by atoms with Crippen molar-refractivity contribution in [2.75, 3.05) is 38.6 Å². The van der Waals surface area contributed by atoms with Crippen molar-refractivity contribution in [1.29, 1.82) is 0 Å². The van der Waals surface area contributed by atoms with Gasteiger partial charge in [-0.05, 0) is 58.6 Å². The van der Waals surface area contributed by atoms with Crippen LogP contribution in [0.5, 0.6) is 0 Å². The maximum atomic E-state index is 12.5. The van der Waals surface area contributed by atoms with E-state index < -0.39 is 0 Å². The van der Waals surface area contributed by atoms with E-state index in [-0.39, 0.29) is 11.9 Å². The zero-order chi connectivity index (χ0) is 14.5. The van der Waals surface area contributed by atoms with Crippen molar-refractivity contribution in [3.8, 4) is 0 Å². The molecule has 0 saturated carbocycles. The van der Waals surface area contributed by atoms with E-state index in [0.717, 1.165) is 38.2 Å². The first kappa shape index (κ1) is 15.0. The normalized spacial score (nSPS) is 15.5. The molecule has 1 amide bonds. The topological polar surface area (TPSA) is 35.6 Å². The first-order valence-corrected chi connectivity index (χ1v) is 7.37. The van der Waals surface area contributed by atoms with E-state index >= 15 is 0 Å². The number of benzene rings is 1. The Balaban J connectivity index is 1.86. The van der Waals surface area contributed by atoms with Crippen LogP contribution in [0.4, 0.5) is 5.69 Å². The highest BCUT2D eigenvalue weighted by Gasteiger charge is 2.27. The smallest absolute Gasteiger partial charge is 0.243 e. The molecule has 0 aliphatic carbocycles. The summed E-state index contributed by atoms with van der Waals surface area (Å²) in [5, 5.41) is 3.33. The molecule has 1 heterocycles. The summed E-state index contributed by atoms with van der Waals surface area (Å²) in [6.07, 6.45) is 2.02. The van der Waals surface area contributed by atoms with E-state index in [1.54, 1.807) is 0 Å². The van der Waals surface area contributed by atoms with Crippen molar-refractivity contribution < 1.29 is 4.79 Å². The number of hydrogen-bond acceptors (Lipinski definition) is 3. The number of rotatable bonds is 6. The number of fused-ring (bicyclic) bond motifs is 1. The molecule has 4 nitrogen and oxygen atoms in total. The highest BCUT2D eigenvalue weighted by Crippen LogP contribution is 2.27. The SMILES string of the molecule is CC(NCCCN(C)C)C(=O)N1CCc2ccccc21. The van der Waals surface area contributed by atoms with E-state index in [1.165, 1.54) is 5.56 Å². The summed E-state index contributed by atoms with van der Waals surface area (Å²) in [6, 6.07) is 8.06. The zero-order valence-electron chi connectivity index (χ0n) is 12.7. The molecule has 0 aromatic heterocycles. The highest BCUT2D eigenvalue weighted by molar-refractivity contribution is 5.98. The molecular weight excluding hydrogens is 250 g/mol. The van der Waals surface area contributed by atoms with E-state index in [0.29, 0.717) is 0 Å². The summed E-state index contributed by atoms with van der Waals surface area (Å²) >= 11 is 0. The van der Waals surface area contributed by atoms with Crippen LogP contribution in [-0.2, 0) is 11.2 Å². The Hall–Kier alpha value is -1.39. The highest BCUT2D eigenvalue weighted by atomic mass is 16.2. The largest absolute Gasteiger partial charge is 0.310 e. The summed E-state index contributed by atoms with van der Waals surface area (Å²) in [5.74, 6) is 0.180. The van der Waals surface area contributed by atoms with Gasteiger partial charge in [0.15, 0.2) is 0 Å². The lowest BCUT2D eigenvalue weighted by Gasteiger charge is -2.22. The van der Waals surface area contributed by atoms with Gasteiger partial charge in [-0.25, -0.2) is 0 Å². The molecule has 20 heavy (non-hydrogen) atoms. The maximum Gasteiger partial charge on any atom is 0.243 e. The Kier molecular flexibility index (Phi) is 5.15. The first-order valence-electron chi connectivity index (χ1n) is 7.37. The summed E-state index contributed by atoms with van der Waals surface area (Å²) in [5.41, 5.74) is 2.36. The minimum atomic E-state index is -0.122. The second-order valence-electron chi connectivity index (χ2n) is 5.70. The average Bonchev–Trinajstić information content (AvgIpc) is 2.86. The Bertz CT molecular complexity index is 459. The lowest BCUT2D eigenvalue weighted by atomic mass is 10.2. The molecular formula is C16H25N3O. The van der Waals surface area contributed by atoms with Gasteiger partial charge in [0.05, 0.1) is 6.04 Å². The van der Waals surface area contributed by atoms with Crippen molar-refractivity contribution in [1.82, 2.24) is 10.2 Å². The van der Waals surface area contributed by atoms with Crippen molar-refractivity contribution in [3.63, 3.8) is 0 Å². The third kappa shape index (κ3) is 3.58. The average molecular weight is 275 g/mol. The van der Waals surface area contributed by atoms with E-state index in [4.69, 9.17) is 0 Å². The van der Waals surface area contributed by atoms with Crippen LogP contribution < -0.4 is 10.2 Å². The number of para-hydroxylation sites is 1. The van der Waals surface area contributed by atoms with Crippen molar-refractivity contribution in [3.05, 3.63) is 29.8 Å². The van der Waals surface area contributed by atoms with Gasteiger partial charge in [0, 0.05) is 12.2 Å². The Morgan fingerprint density at radius 2 is 2.15 bits per heavy atom. The Morgan fingerprint density at radius 3 is 2.90 bits per heavy atom. The third-order valence-electron chi connectivity index (χ3n) is 3.76. The van der Waals surface area contributed by atoms with Crippen molar-refractivity contribution in [2.24, 2.45) is 0 Å². The molecule has 1 unspecified atom stereocenters. The summed E-state index contributed by atoms with van der Waals surface area (Å²) in [6.45, 7) is 4.68. The number of carbonyl (C=O) groups is 1. The number of anilines is 1. The molecule has 0 fully saturated rings. The molecule has 0 radical (unpaired) electrons. The van der Waals surface area contributed by atoms with Gasteiger partial charge in [0.1, 0.15) is 0 Å². The molecule has 1 atom stereocenters. The number of hydrogen-bond donors (Lipinski definition) is 1. The van der Waals surface area contributed by atoms with Gasteiger partial charge >= 0.3 is 0 Å². The predicted octanol–water partition coefficient (Wildman–Crippen LogP) is 1.51. The van der Waals surface area contributed by atoms with Gasteiger partial charge in [-0.3, -0.25) is 4.79 Å². The third-order valence-corrected chi connectivity index (χ3v) is 3.76. The lowest BCUT2D eigenvalue weighted by molar-refractivity contribution is -0.120. The number of nitrogens with one attached hydrogen (secondary N) is 1. The molecule has 1 aromatic carbocycles. The van der Waals surface area contributed by atoms with Crippen LogP contribution >= 0.6 is 0 Å². The minimum absolute atomic E-state index is 0.122. The maximum absolute atomic E-state index is 12.5. The molecule has 2 rings (SSSR count). The van der Waals surface area contributed by atoms with Crippen LogP contribution in [0.15, 0.2) is 24.3 Å². The van der Waals surface area contributed by atoms with Crippen LogP contribution in [0.2, 0.25) is 0 Å². The van der Waals surface area contributed by atoms with E-state index in [2.05, 4.69) is 30.4 Å². The second kappa shape index (κ2) is 6.86. The van der Waals surface area contributed by atoms with Gasteiger partial charge in [-0.1, -0.05) is 18.2 Å². The fraction of sp³-hybridized carbons (Fsp3) is 0.562. The molecule has 1 aromatic rings. The fourth-order valence-corrected chi connectivity index (χ4v) is 2.60. The molecule has 110 valence electrons. The number of nitrogens with zero attached hydrogens (tertiary/aromatic N) is 2. The first-order chi connectivity index (χ1) is 9.59. The van der Waals surface area contributed by atoms with Crippen LogP contribution in [-0.4, -0.2) is 50.6 Å². The van der Waals surface area contributed by atoms with E-state index in [1.807, 2.05) is 30.0 Å². The Morgan fingerprint density at radius 1 is 1.40 bits per heavy atom. The van der Waals surface area contributed by atoms with Crippen LogP contribution in [0.1, 0.15) is 18.9 Å². The van der Waals surface area contributed by atoms with Gasteiger partial charge in [-0.15, -0.1) is 0 Å². The lowest BCUT2D eigenvalue weighted by Crippen LogP contribution is -2.45. The van der Waals surface area contributed by atoms with Crippen molar-refractivity contribution >= 4 is 11.6 Å². The second-order valence-corrected chi connectivity index (χ2v) is 5.70. The Labute approximate surface area is 121 Å². The summed E-state index contributed by atoms with van der Waals surface area (Å²) in [7, 11) is 4.13. The summed E-state index contributed by atoms with van der Waals surface area (Å²) < 4.78 is 0. The quantitative estimate of drug-likeness (QED) is 0.799. The van der Waals surface area contributed by atoms with Crippen molar-refractivity contribution in [2.45, 2.75) is 25.8 Å². The predicted molar refractivity (Wildman–Crippen MR) is 83.1 cm³/mol. The number of carbonyl (C=O) groups excluding carboxylic acids is 1. The fourth-order valence-electron chi connectivity index (χ4n) is 2.60. The molecule has 1 aliphatic heterocycles. The molecule has 1 aliphatic rings. The molecule has 0 bridgehead atoms. The minimum Gasteiger partial charge on any atom is -0.310 e. The van der Waals surface area contributed by atoms with Gasteiger partial charge in [0.2, 0.25) is 5.91 Å². The molecule has 0 saturated heterocycles. The molecule has 1 N–H and O–H groups in total. The van der Waals surface area contributed by atoms with Gasteiger partial charge < -0.3 is 15.1 Å².